The van der Waals surface area contributed by atoms with Crippen LogP contribution in [0.15, 0.2) is 11.6 Å². The second kappa shape index (κ2) is 2.64. The van der Waals surface area contributed by atoms with E-state index < -0.39 is 0 Å². The lowest BCUT2D eigenvalue weighted by Gasteiger charge is -1.92. The lowest BCUT2D eigenvalue weighted by atomic mass is 10.0. The first-order valence-electron chi connectivity index (χ1n) is 3.08. The van der Waals surface area contributed by atoms with Gasteiger partial charge < -0.3 is 9.53 Å². The van der Waals surface area contributed by atoms with Crippen LogP contribution in [0, 0.1) is 5.92 Å². The van der Waals surface area contributed by atoms with E-state index in [0.29, 0.717) is 5.57 Å². The highest BCUT2D eigenvalue weighted by Gasteiger charge is 2.28. The van der Waals surface area contributed by atoms with E-state index in [9.17, 15) is 9.59 Å². The van der Waals surface area contributed by atoms with Gasteiger partial charge in [-0.15, -0.1) is 0 Å². The molecule has 0 aliphatic carbocycles. The second-order valence-electron chi connectivity index (χ2n) is 2.09. The molecule has 0 bridgehead atoms. The lowest BCUT2D eigenvalue weighted by Crippen LogP contribution is -2.03. The summed E-state index contributed by atoms with van der Waals surface area (Å²) in [7, 11) is 0. The van der Waals surface area contributed by atoms with Crippen molar-refractivity contribution in [3.63, 3.8) is 0 Å². The molecule has 3 heteroatoms. The molecule has 0 saturated carbocycles. The number of hydrogen-bond donors (Lipinski definition) is 0. The molecule has 0 radical (unpaired) electrons. The van der Waals surface area contributed by atoms with Crippen LogP contribution < -0.4 is 0 Å². The highest BCUT2D eigenvalue weighted by molar-refractivity contribution is 5.95. The zero-order valence-electron chi connectivity index (χ0n) is 5.66. The molecule has 0 amide bonds. The van der Waals surface area contributed by atoms with Crippen molar-refractivity contribution in [2.75, 3.05) is 6.61 Å². The molecule has 0 aromatic carbocycles. The maximum absolute atomic E-state index is 10.7. The van der Waals surface area contributed by atoms with Crippen LogP contribution in [-0.2, 0) is 14.3 Å². The van der Waals surface area contributed by atoms with E-state index in [0.717, 1.165) is 6.29 Å². The largest absolute Gasteiger partial charge is 0.461 e. The molecule has 1 aliphatic rings. The highest BCUT2D eigenvalue weighted by Crippen LogP contribution is 2.18. The molecular formula is C7H8O3. The topological polar surface area (TPSA) is 43.4 Å². The van der Waals surface area contributed by atoms with Gasteiger partial charge in [0.2, 0.25) is 0 Å². The van der Waals surface area contributed by atoms with Crippen molar-refractivity contribution in [3.8, 4) is 0 Å². The maximum atomic E-state index is 10.7. The number of aldehydes is 1. The molecule has 0 unspecified atom stereocenters. The minimum atomic E-state index is -0.361. The fraction of sp³-hybridized carbons (Fsp3) is 0.429. The highest BCUT2D eigenvalue weighted by atomic mass is 16.5. The van der Waals surface area contributed by atoms with Gasteiger partial charge in [0.25, 0.3) is 0 Å². The summed E-state index contributed by atoms with van der Waals surface area (Å²) in [6.07, 6.45) is 2.36. The van der Waals surface area contributed by atoms with Gasteiger partial charge in [0, 0.05) is 5.57 Å². The summed E-state index contributed by atoms with van der Waals surface area (Å²) in [4.78, 5) is 21.0. The first-order valence-corrected chi connectivity index (χ1v) is 3.08. The van der Waals surface area contributed by atoms with E-state index in [1.54, 1.807) is 13.0 Å². The fourth-order valence-electron chi connectivity index (χ4n) is 0.934. The summed E-state index contributed by atoms with van der Waals surface area (Å²) >= 11 is 0. The number of rotatable bonds is 1. The maximum Gasteiger partial charge on any atom is 0.334 e. The molecule has 3 nitrogen and oxygen atoms in total. The zero-order valence-corrected chi connectivity index (χ0v) is 5.66. The van der Waals surface area contributed by atoms with Crippen LogP contribution in [0.25, 0.3) is 0 Å². The Bertz CT molecular complexity index is 193. The lowest BCUT2D eigenvalue weighted by molar-refractivity contribution is -0.135. The van der Waals surface area contributed by atoms with Crippen molar-refractivity contribution in [2.45, 2.75) is 6.92 Å². The fourth-order valence-corrected chi connectivity index (χ4v) is 0.934. The normalized spacial score (nSPS) is 28.7. The smallest absolute Gasteiger partial charge is 0.334 e. The predicted molar refractivity (Wildman–Crippen MR) is 34.3 cm³/mol. The van der Waals surface area contributed by atoms with Crippen molar-refractivity contribution in [1.29, 1.82) is 0 Å². The van der Waals surface area contributed by atoms with Crippen LogP contribution in [0.3, 0.4) is 0 Å². The molecule has 1 heterocycles. The first-order chi connectivity index (χ1) is 4.79. The Labute approximate surface area is 58.7 Å². The molecule has 1 fully saturated rings. The predicted octanol–water partition coefficient (Wildman–Crippen LogP) is 0.305. The number of esters is 1. The van der Waals surface area contributed by atoms with Crippen molar-refractivity contribution >= 4 is 12.3 Å². The van der Waals surface area contributed by atoms with Gasteiger partial charge in [-0.2, -0.15) is 0 Å². The van der Waals surface area contributed by atoms with Crippen molar-refractivity contribution < 1.29 is 14.3 Å². The number of carbonyl (C=O) groups is 2. The van der Waals surface area contributed by atoms with Crippen LogP contribution in [0.5, 0.6) is 0 Å². The average Bonchev–Trinajstić information content (AvgIpc) is 2.30. The minimum absolute atomic E-state index is 0.210. The number of allylic oxidation sites excluding steroid dienone is 1. The van der Waals surface area contributed by atoms with Crippen LogP contribution in [0.2, 0.25) is 0 Å². The Hall–Kier alpha value is -1.12. The van der Waals surface area contributed by atoms with Gasteiger partial charge in [0.1, 0.15) is 12.9 Å². The molecule has 1 saturated heterocycles. The number of ether oxygens (including phenoxy) is 1. The summed E-state index contributed by atoms with van der Waals surface area (Å²) in [5.41, 5.74) is 0.481. The van der Waals surface area contributed by atoms with Crippen LogP contribution in [0.1, 0.15) is 6.92 Å². The number of cyclic esters (lactones) is 1. The van der Waals surface area contributed by atoms with Gasteiger partial charge >= 0.3 is 5.97 Å². The Kier molecular flexibility index (Phi) is 1.85. The summed E-state index contributed by atoms with van der Waals surface area (Å²) < 4.78 is 4.62. The van der Waals surface area contributed by atoms with Crippen LogP contribution >= 0.6 is 0 Å². The van der Waals surface area contributed by atoms with Gasteiger partial charge in [-0.1, -0.05) is 6.08 Å². The Balaban J connectivity index is 2.82. The van der Waals surface area contributed by atoms with Crippen molar-refractivity contribution in [3.05, 3.63) is 11.6 Å². The molecule has 0 aromatic rings. The van der Waals surface area contributed by atoms with E-state index in [1.165, 1.54) is 0 Å². The molecule has 1 rings (SSSR count). The van der Waals surface area contributed by atoms with E-state index in [1.807, 2.05) is 0 Å². The van der Waals surface area contributed by atoms with Gasteiger partial charge in [-0.3, -0.25) is 0 Å². The minimum Gasteiger partial charge on any atom is -0.461 e. The van der Waals surface area contributed by atoms with Gasteiger partial charge in [-0.25, -0.2) is 4.79 Å². The summed E-state index contributed by atoms with van der Waals surface area (Å²) in [6, 6.07) is 0. The molecule has 0 spiro atoms. The van der Waals surface area contributed by atoms with E-state index >= 15 is 0 Å². The third-order valence-corrected chi connectivity index (χ3v) is 1.50. The second-order valence-corrected chi connectivity index (χ2v) is 2.09. The van der Waals surface area contributed by atoms with E-state index in [2.05, 4.69) is 4.74 Å². The Morgan fingerprint density at radius 1 is 1.70 bits per heavy atom. The molecule has 1 aliphatic heterocycles. The van der Waals surface area contributed by atoms with Gasteiger partial charge in [0.05, 0.1) is 5.92 Å². The molecule has 54 valence electrons. The Morgan fingerprint density at radius 2 is 2.40 bits per heavy atom. The molecule has 0 aromatic heterocycles. The standard InChI is InChI=1S/C7H8O3/c1-2-6-5(3-8)4-10-7(6)9/h2-3,5H,4H2,1H3/b6-2-/t5-/m0/s1. The van der Waals surface area contributed by atoms with Crippen LogP contribution in [0.4, 0.5) is 0 Å². The number of carbonyl (C=O) groups excluding carboxylic acids is 2. The van der Waals surface area contributed by atoms with Gasteiger partial charge in [-0.05, 0) is 6.92 Å². The molecule has 10 heavy (non-hydrogen) atoms. The molecule has 1 atom stereocenters. The van der Waals surface area contributed by atoms with Gasteiger partial charge in [0.15, 0.2) is 0 Å². The quantitative estimate of drug-likeness (QED) is 0.299. The van der Waals surface area contributed by atoms with E-state index in [4.69, 9.17) is 0 Å². The average molecular weight is 140 g/mol. The van der Waals surface area contributed by atoms with E-state index in [-0.39, 0.29) is 18.5 Å². The first kappa shape index (κ1) is 6.99. The Morgan fingerprint density at radius 3 is 2.80 bits per heavy atom. The SMILES string of the molecule is C/C=C1\C(=O)OC[C@@H]1C=O. The molecule has 0 N–H and O–H groups in total. The summed E-state index contributed by atoms with van der Waals surface area (Å²) in [5, 5.41) is 0. The summed E-state index contributed by atoms with van der Waals surface area (Å²) in [5.74, 6) is -0.697. The van der Waals surface area contributed by atoms with Crippen molar-refractivity contribution in [2.24, 2.45) is 5.92 Å². The number of hydrogen-bond acceptors (Lipinski definition) is 3. The van der Waals surface area contributed by atoms with Crippen LogP contribution in [-0.4, -0.2) is 18.9 Å². The third-order valence-electron chi connectivity index (χ3n) is 1.50. The zero-order chi connectivity index (χ0) is 7.56. The third kappa shape index (κ3) is 0.943. The van der Waals surface area contributed by atoms with Crippen molar-refractivity contribution in [1.82, 2.24) is 0 Å². The monoisotopic (exact) mass is 140 g/mol. The molecular weight excluding hydrogens is 132 g/mol. The summed E-state index contributed by atoms with van der Waals surface area (Å²) in [6.45, 7) is 1.93.